The summed E-state index contributed by atoms with van der Waals surface area (Å²) in [5, 5.41) is 5.29. The second-order valence-corrected chi connectivity index (χ2v) is 4.99. The van der Waals surface area contributed by atoms with Crippen LogP contribution in [-0.2, 0) is 9.59 Å². The largest absolute Gasteiger partial charge is 0.492 e. The lowest BCUT2D eigenvalue weighted by molar-refractivity contribution is -0.124. The number of anilines is 1. The molecule has 2 amide bonds. The highest BCUT2D eigenvalue weighted by Gasteiger charge is 2.30. The molecule has 0 saturated carbocycles. The Morgan fingerprint density at radius 3 is 2.55 bits per heavy atom. The number of benzene rings is 1. The van der Waals surface area contributed by atoms with Gasteiger partial charge in [0, 0.05) is 12.2 Å². The Hall–Kier alpha value is -2.08. The Bertz CT molecular complexity index is 485. The molecule has 1 aliphatic rings. The predicted molar refractivity (Wildman–Crippen MR) is 75.7 cm³/mol. The van der Waals surface area contributed by atoms with Crippen molar-refractivity contribution >= 4 is 17.5 Å². The fourth-order valence-corrected chi connectivity index (χ4v) is 1.86. The van der Waals surface area contributed by atoms with E-state index in [4.69, 9.17) is 4.74 Å². The molecule has 0 aliphatic carbocycles. The van der Waals surface area contributed by atoms with E-state index in [-0.39, 0.29) is 18.2 Å². The summed E-state index contributed by atoms with van der Waals surface area (Å²) in [6.07, 6.45) is 0.180. The third kappa shape index (κ3) is 3.96. The van der Waals surface area contributed by atoms with Crippen LogP contribution in [0.5, 0.6) is 5.75 Å². The molecule has 1 aliphatic heterocycles. The number of amides is 2. The summed E-state index contributed by atoms with van der Waals surface area (Å²) in [4.78, 5) is 24.6. The first kappa shape index (κ1) is 14.3. The highest BCUT2D eigenvalue weighted by atomic mass is 16.5. The molecule has 1 fully saturated rings. The molecule has 6 heteroatoms. The van der Waals surface area contributed by atoms with Crippen molar-refractivity contribution in [1.82, 2.24) is 10.2 Å². The van der Waals surface area contributed by atoms with Crippen LogP contribution in [0.15, 0.2) is 24.3 Å². The van der Waals surface area contributed by atoms with Crippen LogP contribution in [0, 0.1) is 0 Å². The van der Waals surface area contributed by atoms with Crippen LogP contribution in [-0.4, -0.2) is 50.0 Å². The molecule has 6 nitrogen and oxygen atoms in total. The Morgan fingerprint density at radius 1 is 1.30 bits per heavy atom. The molecule has 1 aromatic carbocycles. The van der Waals surface area contributed by atoms with E-state index < -0.39 is 6.04 Å². The Balaban J connectivity index is 1.85. The first-order valence-corrected chi connectivity index (χ1v) is 6.52. The number of likely N-dealkylation sites (N-methyl/N-ethyl adjacent to an activating group) is 1. The monoisotopic (exact) mass is 277 g/mol. The Morgan fingerprint density at radius 2 is 2.00 bits per heavy atom. The molecule has 1 aromatic rings. The van der Waals surface area contributed by atoms with Gasteiger partial charge in [0.05, 0.1) is 6.42 Å². The zero-order chi connectivity index (χ0) is 14.5. The molecule has 1 unspecified atom stereocenters. The minimum Gasteiger partial charge on any atom is -0.492 e. The Labute approximate surface area is 118 Å². The van der Waals surface area contributed by atoms with Crippen LogP contribution >= 0.6 is 0 Å². The molecular weight excluding hydrogens is 258 g/mol. The summed E-state index contributed by atoms with van der Waals surface area (Å²) in [5.74, 6) is 0.266. The molecule has 1 saturated heterocycles. The predicted octanol–water partition coefficient (Wildman–Crippen LogP) is 0.454. The molecule has 108 valence electrons. The van der Waals surface area contributed by atoms with Gasteiger partial charge in [0.15, 0.2) is 0 Å². The van der Waals surface area contributed by atoms with E-state index in [0.29, 0.717) is 6.61 Å². The quantitative estimate of drug-likeness (QED) is 0.739. The van der Waals surface area contributed by atoms with Gasteiger partial charge >= 0.3 is 0 Å². The molecule has 1 atom stereocenters. The van der Waals surface area contributed by atoms with E-state index in [1.54, 1.807) is 0 Å². The average Bonchev–Trinajstić information content (AvgIpc) is 2.69. The summed E-state index contributed by atoms with van der Waals surface area (Å²) in [6.45, 7) is 1.48. The number of rotatable bonds is 6. The van der Waals surface area contributed by atoms with Gasteiger partial charge in [-0.1, -0.05) is 0 Å². The van der Waals surface area contributed by atoms with E-state index in [2.05, 4.69) is 10.6 Å². The number of imide groups is 1. The normalized spacial score (nSPS) is 18.2. The first-order chi connectivity index (χ1) is 9.54. The van der Waals surface area contributed by atoms with E-state index >= 15 is 0 Å². The SMILES string of the molecule is CN(C)CCOc1ccc(NC2CC(=O)NC2=O)cc1. The molecule has 2 N–H and O–H groups in total. The van der Waals surface area contributed by atoms with E-state index in [1.165, 1.54) is 0 Å². The van der Waals surface area contributed by atoms with Gasteiger partial charge in [-0.05, 0) is 38.4 Å². The number of ether oxygens (including phenoxy) is 1. The fraction of sp³-hybridized carbons (Fsp3) is 0.429. The van der Waals surface area contributed by atoms with Gasteiger partial charge in [0.2, 0.25) is 11.8 Å². The van der Waals surface area contributed by atoms with E-state index in [0.717, 1.165) is 18.0 Å². The minimum atomic E-state index is -0.483. The van der Waals surface area contributed by atoms with Gasteiger partial charge in [0.25, 0.3) is 0 Å². The molecule has 1 heterocycles. The van der Waals surface area contributed by atoms with Crippen LogP contribution in [0.3, 0.4) is 0 Å². The molecule has 0 spiro atoms. The van der Waals surface area contributed by atoms with Crippen LogP contribution in [0.2, 0.25) is 0 Å². The lowest BCUT2D eigenvalue weighted by Crippen LogP contribution is -2.29. The Kier molecular flexibility index (Phi) is 4.57. The summed E-state index contributed by atoms with van der Waals surface area (Å²) in [6, 6.07) is 6.87. The van der Waals surface area contributed by atoms with Crippen LogP contribution in [0.25, 0.3) is 0 Å². The zero-order valence-corrected chi connectivity index (χ0v) is 11.7. The summed E-state index contributed by atoms with van der Waals surface area (Å²) >= 11 is 0. The number of nitrogens with one attached hydrogen (secondary N) is 2. The van der Waals surface area contributed by atoms with Gasteiger partial charge < -0.3 is 15.0 Å². The summed E-state index contributed by atoms with van der Waals surface area (Å²) in [5.41, 5.74) is 0.791. The van der Waals surface area contributed by atoms with Crippen LogP contribution < -0.4 is 15.4 Å². The van der Waals surface area contributed by atoms with Crippen molar-refractivity contribution in [2.75, 3.05) is 32.6 Å². The number of nitrogens with zero attached hydrogens (tertiary/aromatic N) is 1. The highest BCUT2D eigenvalue weighted by Crippen LogP contribution is 2.18. The first-order valence-electron chi connectivity index (χ1n) is 6.52. The maximum Gasteiger partial charge on any atom is 0.249 e. The van der Waals surface area contributed by atoms with Gasteiger partial charge in [0.1, 0.15) is 18.4 Å². The van der Waals surface area contributed by atoms with Crippen molar-refractivity contribution in [1.29, 1.82) is 0 Å². The molecule has 20 heavy (non-hydrogen) atoms. The molecule has 0 aromatic heterocycles. The number of carbonyl (C=O) groups excluding carboxylic acids is 2. The topological polar surface area (TPSA) is 70.7 Å². The van der Waals surface area contributed by atoms with E-state index in [1.807, 2.05) is 43.3 Å². The zero-order valence-electron chi connectivity index (χ0n) is 11.7. The summed E-state index contributed by atoms with van der Waals surface area (Å²) in [7, 11) is 3.98. The molecule has 2 rings (SSSR count). The lowest BCUT2D eigenvalue weighted by Gasteiger charge is -2.13. The second kappa shape index (κ2) is 6.38. The smallest absolute Gasteiger partial charge is 0.249 e. The van der Waals surface area contributed by atoms with Gasteiger partial charge in [-0.25, -0.2) is 0 Å². The number of carbonyl (C=O) groups is 2. The van der Waals surface area contributed by atoms with Crippen molar-refractivity contribution in [3.8, 4) is 5.75 Å². The van der Waals surface area contributed by atoms with Crippen molar-refractivity contribution in [3.63, 3.8) is 0 Å². The lowest BCUT2D eigenvalue weighted by atomic mass is 10.2. The fourth-order valence-electron chi connectivity index (χ4n) is 1.86. The third-order valence-electron chi connectivity index (χ3n) is 2.97. The molecule has 0 radical (unpaired) electrons. The minimum absolute atomic E-state index is 0.180. The van der Waals surface area contributed by atoms with Gasteiger partial charge in [-0.2, -0.15) is 0 Å². The second-order valence-electron chi connectivity index (χ2n) is 4.99. The standard InChI is InChI=1S/C14H19N3O3/c1-17(2)7-8-20-11-5-3-10(4-6-11)15-12-9-13(18)16-14(12)19/h3-6,12,15H,7-9H2,1-2H3,(H,16,18,19). The maximum atomic E-state index is 11.4. The van der Waals surface area contributed by atoms with Crippen molar-refractivity contribution in [2.45, 2.75) is 12.5 Å². The molecular formula is C14H19N3O3. The van der Waals surface area contributed by atoms with E-state index in [9.17, 15) is 9.59 Å². The third-order valence-corrected chi connectivity index (χ3v) is 2.97. The maximum absolute atomic E-state index is 11.4. The number of hydrogen-bond acceptors (Lipinski definition) is 5. The van der Waals surface area contributed by atoms with Gasteiger partial charge in [-0.15, -0.1) is 0 Å². The summed E-state index contributed by atoms with van der Waals surface area (Å²) < 4.78 is 5.58. The number of hydrogen-bond donors (Lipinski definition) is 2. The van der Waals surface area contributed by atoms with Gasteiger partial charge in [-0.3, -0.25) is 14.9 Å². The highest BCUT2D eigenvalue weighted by molar-refractivity contribution is 6.06. The van der Waals surface area contributed by atoms with Crippen LogP contribution in [0.1, 0.15) is 6.42 Å². The van der Waals surface area contributed by atoms with Crippen LogP contribution in [0.4, 0.5) is 5.69 Å². The van der Waals surface area contributed by atoms with Crippen molar-refractivity contribution < 1.29 is 14.3 Å². The average molecular weight is 277 g/mol. The molecule has 0 bridgehead atoms. The van der Waals surface area contributed by atoms with Crippen molar-refractivity contribution in [3.05, 3.63) is 24.3 Å². The van der Waals surface area contributed by atoms with Crippen molar-refractivity contribution in [2.24, 2.45) is 0 Å².